The summed E-state index contributed by atoms with van der Waals surface area (Å²) in [5.74, 6) is 1.17. The Labute approximate surface area is 130 Å². The van der Waals surface area contributed by atoms with Gasteiger partial charge in [0.05, 0.1) is 0 Å². The van der Waals surface area contributed by atoms with Crippen LogP contribution in [0.2, 0.25) is 0 Å². The molecule has 1 saturated carbocycles. The van der Waals surface area contributed by atoms with E-state index in [0.29, 0.717) is 0 Å². The van der Waals surface area contributed by atoms with Gasteiger partial charge < -0.3 is 10.2 Å². The Kier molecular flexibility index (Phi) is 5.26. The van der Waals surface area contributed by atoms with Crippen molar-refractivity contribution in [3.8, 4) is 0 Å². The molecule has 21 heavy (non-hydrogen) atoms. The Bertz CT molecular complexity index is 458. The molecule has 0 spiro atoms. The minimum Gasteiger partial charge on any atom is -0.354 e. The fourth-order valence-electron chi connectivity index (χ4n) is 2.48. The van der Waals surface area contributed by atoms with Gasteiger partial charge in [-0.05, 0) is 58.6 Å². The van der Waals surface area contributed by atoms with Gasteiger partial charge in [0.25, 0.3) is 0 Å². The Morgan fingerprint density at radius 2 is 2.00 bits per heavy atom. The third-order valence-electron chi connectivity index (χ3n) is 4.02. The van der Waals surface area contributed by atoms with Crippen LogP contribution in [0.1, 0.15) is 64.6 Å². The summed E-state index contributed by atoms with van der Waals surface area (Å²) in [4.78, 5) is 7.39. The molecule has 0 bridgehead atoms. The standard InChI is InChI=1S/C18H31N3/c1-6-7-12-21(16-9-10-16)17-11-8-15(14(2)20-17)13-19-18(3,4)5/h8,11,16,19H,6-7,9-10,12-13H2,1-5H3. The maximum absolute atomic E-state index is 4.87. The highest BCUT2D eigenvalue weighted by Gasteiger charge is 2.29. The molecule has 0 aliphatic heterocycles. The lowest BCUT2D eigenvalue weighted by Crippen LogP contribution is -2.35. The van der Waals surface area contributed by atoms with Gasteiger partial charge in [0.2, 0.25) is 0 Å². The molecule has 0 saturated heterocycles. The van der Waals surface area contributed by atoms with Crippen molar-refractivity contribution in [3.05, 3.63) is 23.4 Å². The van der Waals surface area contributed by atoms with Crippen LogP contribution in [0.3, 0.4) is 0 Å². The molecule has 1 heterocycles. The van der Waals surface area contributed by atoms with E-state index in [0.717, 1.165) is 24.8 Å². The normalized spacial score (nSPS) is 15.3. The van der Waals surface area contributed by atoms with Crippen LogP contribution in [0.4, 0.5) is 5.82 Å². The SMILES string of the molecule is CCCCN(c1ccc(CNC(C)(C)C)c(C)n1)C1CC1. The van der Waals surface area contributed by atoms with E-state index in [4.69, 9.17) is 4.98 Å². The lowest BCUT2D eigenvalue weighted by molar-refractivity contribution is 0.423. The second-order valence-corrected chi connectivity index (χ2v) is 7.30. The number of hydrogen-bond acceptors (Lipinski definition) is 3. The smallest absolute Gasteiger partial charge is 0.129 e. The largest absolute Gasteiger partial charge is 0.354 e. The lowest BCUT2D eigenvalue weighted by atomic mass is 10.1. The summed E-state index contributed by atoms with van der Waals surface area (Å²) in [6.07, 6.45) is 5.16. The molecule has 0 amide bonds. The molecular formula is C18H31N3. The zero-order valence-electron chi connectivity index (χ0n) is 14.4. The van der Waals surface area contributed by atoms with Gasteiger partial charge in [-0.15, -0.1) is 0 Å². The van der Waals surface area contributed by atoms with Crippen LogP contribution in [0.25, 0.3) is 0 Å². The molecule has 0 aromatic carbocycles. The molecule has 1 fully saturated rings. The first-order chi connectivity index (χ1) is 9.90. The first-order valence-corrected chi connectivity index (χ1v) is 8.39. The summed E-state index contributed by atoms with van der Waals surface area (Å²) < 4.78 is 0. The number of aryl methyl sites for hydroxylation is 1. The topological polar surface area (TPSA) is 28.2 Å². The van der Waals surface area contributed by atoms with Crippen molar-refractivity contribution in [3.63, 3.8) is 0 Å². The molecular weight excluding hydrogens is 258 g/mol. The number of rotatable bonds is 7. The van der Waals surface area contributed by atoms with Crippen LogP contribution in [-0.4, -0.2) is 23.1 Å². The minimum absolute atomic E-state index is 0.145. The number of hydrogen-bond donors (Lipinski definition) is 1. The average molecular weight is 289 g/mol. The lowest BCUT2D eigenvalue weighted by Gasteiger charge is -2.25. The van der Waals surface area contributed by atoms with E-state index in [9.17, 15) is 0 Å². The van der Waals surface area contributed by atoms with Crippen LogP contribution < -0.4 is 10.2 Å². The fraction of sp³-hybridized carbons (Fsp3) is 0.722. The number of unbranched alkanes of at least 4 members (excludes halogenated alkanes) is 1. The summed E-state index contributed by atoms with van der Waals surface area (Å²) in [5, 5.41) is 3.54. The van der Waals surface area contributed by atoms with Crippen molar-refractivity contribution in [1.29, 1.82) is 0 Å². The third kappa shape index (κ3) is 4.99. The van der Waals surface area contributed by atoms with Gasteiger partial charge >= 0.3 is 0 Å². The van der Waals surface area contributed by atoms with Gasteiger partial charge in [0.1, 0.15) is 5.82 Å². The summed E-state index contributed by atoms with van der Waals surface area (Å²) in [5.41, 5.74) is 2.61. The molecule has 0 atom stereocenters. The Morgan fingerprint density at radius 1 is 1.29 bits per heavy atom. The van der Waals surface area contributed by atoms with Gasteiger partial charge in [-0.3, -0.25) is 0 Å². The highest BCUT2D eigenvalue weighted by atomic mass is 15.2. The highest BCUT2D eigenvalue weighted by Crippen LogP contribution is 2.31. The second-order valence-electron chi connectivity index (χ2n) is 7.30. The molecule has 118 valence electrons. The van der Waals surface area contributed by atoms with Gasteiger partial charge in [0.15, 0.2) is 0 Å². The van der Waals surface area contributed by atoms with E-state index in [-0.39, 0.29) is 5.54 Å². The molecule has 1 N–H and O–H groups in total. The monoisotopic (exact) mass is 289 g/mol. The number of nitrogens with one attached hydrogen (secondary N) is 1. The van der Waals surface area contributed by atoms with E-state index in [1.54, 1.807) is 0 Å². The predicted molar refractivity (Wildman–Crippen MR) is 90.8 cm³/mol. The van der Waals surface area contributed by atoms with Crippen molar-refractivity contribution < 1.29 is 0 Å². The van der Waals surface area contributed by atoms with E-state index in [1.165, 1.54) is 37.1 Å². The molecule has 1 aliphatic rings. The molecule has 2 rings (SSSR count). The number of pyridine rings is 1. The summed E-state index contributed by atoms with van der Waals surface area (Å²) >= 11 is 0. The maximum atomic E-state index is 4.87. The predicted octanol–water partition coefficient (Wildman–Crippen LogP) is 4.05. The van der Waals surface area contributed by atoms with Gasteiger partial charge in [-0.2, -0.15) is 0 Å². The van der Waals surface area contributed by atoms with E-state index in [2.05, 4.69) is 57.0 Å². The summed E-state index contributed by atoms with van der Waals surface area (Å²) in [6.45, 7) is 13.0. The molecule has 3 nitrogen and oxygen atoms in total. The number of anilines is 1. The molecule has 0 radical (unpaired) electrons. The Hall–Kier alpha value is -1.09. The van der Waals surface area contributed by atoms with Gasteiger partial charge in [0, 0.05) is 30.4 Å². The first-order valence-electron chi connectivity index (χ1n) is 8.39. The molecule has 1 aliphatic carbocycles. The maximum Gasteiger partial charge on any atom is 0.129 e. The first kappa shape index (κ1) is 16.3. The van der Waals surface area contributed by atoms with E-state index in [1.807, 2.05) is 0 Å². The van der Waals surface area contributed by atoms with E-state index >= 15 is 0 Å². The van der Waals surface area contributed by atoms with Crippen LogP contribution in [0.15, 0.2) is 12.1 Å². The van der Waals surface area contributed by atoms with Crippen LogP contribution in [-0.2, 0) is 6.54 Å². The van der Waals surface area contributed by atoms with Crippen molar-refractivity contribution in [1.82, 2.24) is 10.3 Å². The van der Waals surface area contributed by atoms with Crippen molar-refractivity contribution in [2.45, 2.75) is 78.4 Å². The Morgan fingerprint density at radius 3 is 2.52 bits per heavy atom. The van der Waals surface area contributed by atoms with Crippen molar-refractivity contribution >= 4 is 5.82 Å². The molecule has 3 heteroatoms. The Balaban J connectivity index is 2.06. The van der Waals surface area contributed by atoms with Gasteiger partial charge in [-0.25, -0.2) is 4.98 Å². The second kappa shape index (κ2) is 6.78. The fourth-order valence-corrected chi connectivity index (χ4v) is 2.48. The molecule has 1 aromatic rings. The quantitative estimate of drug-likeness (QED) is 0.821. The van der Waals surface area contributed by atoms with Crippen LogP contribution in [0, 0.1) is 6.92 Å². The van der Waals surface area contributed by atoms with Crippen molar-refractivity contribution in [2.24, 2.45) is 0 Å². The zero-order chi connectivity index (χ0) is 15.5. The zero-order valence-corrected chi connectivity index (χ0v) is 14.4. The number of aromatic nitrogens is 1. The number of nitrogens with zero attached hydrogens (tertiary/aromatic N) is 2. The van der Waals surface area contributed by atoms with Crippen LogP contribution in [0.5, 0.6) is 0 Å². The molecule has 0 unspecified atom stereocenters. The van der Waals surface area contributed by atoms with Crippen molar-refractivity contribution in [2.75, 3.05) is 11.4 Å². The highest BCUT2D eigenvalue weighted by molar-refractivity contribution is 5.44. The molecule has 1 aromatic heterocycles. The average Bonchev–Trinajstić information content (AvgIpc) is 3.21. The summed E-state index contributed by atoms with van der Waals surface area (Å²) in [6, 6.07) is 5.19. The third-order valence-corrected chi connectivity index (χ3v) is 4.02. The van der Waals surface area contributed by atoms with Gasteiger partial charge in [-0.1, -0.05) is 19.4 Å². The summed E-state index contributed by atoms with van der Waals surface area (Å²) in [7, 11) is 0. The van der Waals surface area contributed by atoms with Crippen LogP contribution >= 0.6 is 0 Å². The minimum atomic E-state index is 0.145. The van der Waals surface area contributed by atoms with E-state index < -0.39 is 0 Å².